The number of pyridine rings is 1. The van der Waals surface area contributed by atoms with Crippen LogP contribution >= 0.6 is 23.8 Å². The van der Waals surface area contributed by atoms with Gasteiger partial charge in [-0.2, -0.15) is 0 Å². The molecule has 0 aliphatic rings. The molecule has 0 saturated carbocycles. The SMILES string of the molecule is Cc1cccc(-n2c(=S)[nH]c3cc(Cl)cnc32)c1. The zero-order valence-corrected chi connectivity index (χ0v) is 11.2. The lowest BCUT2D eigenvalue weighted by atomic mass is 10.2. The van der Waals surface area contributed by atoms with Crippen LogP contribution in [0.2, 0.25) is 5.02 Å². The van der Waals surface area contributed by atoms with Crippen molar-refractivity contribution in [2.75, 3.05) is 0 Å². The largest absolute Gasteiger partial charge is 0.329 e. The van der Waals surface area contributed by atoms with Crippen molar-refractivity contribution in [1.29, 1.82) is 0 Å². The molecule has 0 atom stereocenters. The zero-order chi connectivity index (χ0) is 12.7. The summed E-state index contributed by atoms with van der Waals surface area (Å²) < 4.78 is 2.53. The summed E-state index contributed by atoms with van der Waals surface area (Å²) in [6.07, 6.45) is 1.62. The molecule has 0 spiro atoms. The minimum atomic E-state index is 0.593. The highest BCUT2D eigenvalue weighted by molar-refractivity contribution is 7.71. The monoisotopic (exact) mass is 275 g/mol. The molecule has 0 aliphatic heterocycles. The van der Waals surface area contributed by atoms with Gasteiger partial charge in [0.15, 0.2) is 10.4 Å². The van der Waals surface area contributed by atoms with E-state index in [4.69, 9.17) is 23.8 Å². The van der Waals surface area contributed by atoms with Gasteiger partial charge in [-0.05, 0) is 42.9 Å². The first-order chi connectivity index (χ1) is 8.65. The average molecular weight is 276 g/mol. The third-order valence-electron chi connectivity index (χ3n) is 2.75. The van der Waals surface area contributed by atoms with Crippen molar-refractivity contribution in [2.24, 2.45) is 0 Å². The number of hydrogen-bond acceptors (Lipinski definition) is 2. The standard InChI is InChI=1S/C13H10ClN3S/c1-8-3-2-4-10(5-8)17-12-11(16-13(17)18)6-9(14)7-15-12/h2-7H,1H3,(H,16,18). The maximum Gasteiger partial charge on any atom is 0.183 e. The Balaban J connectivity index is 2.35. The molecule has 0 saturated heterocycles. The molecule has 1 N–H and O–H groups in total. The van der Waals surface area contributed by atoms with E-state index in [9.17, 15) is 0 Å². The van der Waals surface area contributed by atoms with Crippen molar-refractivity contribution in [3.63, 3.8) is 0 Å². The van der Waals surface area contributed by atoms with Crippen LogP contribution in [0.25, 0.3) is 16.9 Å². The quantitative estimate of drug-likeness (QED) is 0.680. The summed E-state index contributed by atoms with van der Waals surface area (Å²) in [5.41, 5.74) is 3.81. The predicted octanol–water partition coefficient (Wildman–Crippen LogP) is 4.04. The number of benzene rings is 1. The smallest absolute Gasteiger partial charge is 0.183 e. The Morgan fingerprint density at radius 1 is 1.33 bits per heavy atom. The lowest BCUT2D eigenvalue weighted by molar-refractivity contribution is 1.04. The van der Waals surface area contributed by atoms with Gasteiger partial charge in [-0.25, -0.2) is 4.98 Å². The van der Waals surface area contributed by atoms with Gasteiger partial charge in [-0.1, -0.05) is 23.7 Å². The number of imidazole rings is 1. The maximum absolute atomic E-state index is 5.93. The third-order valence-corrected chi connectivity index (χ3v) is 3.24. The van der Waals surface area contributed by atoms with E-state index in [2.05, 4.69) is 16.0 Å². The van der Waals surface area contributed by atoms with Gasteiger partial charge in [0.05, 0.1) is 16.2 Å². The highest BCUT2D eigenvalue weighted by Crippen LogP contribution is 2.20. The van der Waals surface area contributed by atoms with Crippen LogP contribution in [0.4, 0.5) is 0 Å². The number of rotatable bonds is 1. The van der Waals surface area contributed by atoms with Crippen molar-refractivity contribution in [2.45, 2.75) is 6.92 Å². The Labute approximate surface area is 114 Å². The van der Waals surface area contributed by atoms with E-state index in [1.54, 1.807) is 6.20 Å². The number of H-pyrrole nitrogens is 1. The first-order valence-electron chi connectivity index (χ1n) is 5.48. The van der Waals surface area contributed by atoms with Crippen LogP contribution in [0.15, 0.2) is 36.5 Å². The second kappa shape index (κ2) is 4.23. The van der Waals surface area contributed by atoms with E-state index in [0.29, 0.717) is 9.79 Å². The molecule has 0 fully saturated rings. The molecule has 0 radical (unpaired) electrons. The topological polar surface area (TPSA) is 33.6 Å². The molecule has 3 nitrogen and oxygen atoms in total. The summed E-state index contributed by atoms with van der Waals surface area (Å²) in [7, 11) is 0. The van der Waals surface area contributed by atoms with Crippen LogP contribution in [-0.4, -0.2) is 14.5 Å². The van der Waals surface area contributed by atoms with E-state index in [1.807, 2.05) is 35.8 Å². The van der Waals surface area contributed by atoms with Gasteiger partial charge >= 0.3 is 0 Å². The Bertz CT molecular complexity index is 788. The van der Waals surface area contributed by atoms with Crippen LogP contribution in [-0.2, 0) is 0 Å². The minimum Gasteiger partial charge on any atom is -0.329 e. The van der Waals surface area contributed by atoms with Crippen LogP contribution in [0.5, 0.6) is 0 Å². The van der Waals surface area contributed by atoms with Gasteiger partial charge in [0.25, 0.3) is 0 Å². The molecule has 3 aromatic rings. The third kappa shape index (κ3) is 1.83. The van der Waals surface area contributed by atoms with Crippen molar-refractivity contribution < 1.29 is 0 Å². The fourth-order valence-electron chi connectivity index (χ4n) is 1.98. The van der Waals surface area contributed by atoms with Gasteiger partial charge in [0.2, 0.25) is 0 Å². The molecule has 2 aromatic heterocycles. The summed E-state index contributed by atoms with van der Waals surface area (Å²) in [6.45, 7) is 2.05. The Kier molecular flexibility index (Phi) is 2.69. The van der Waals surface area contributed by atoms with Crippen LogP contribution in [0, 0.1) is 11.7 Å². The summed E-state index contributed by atoms with van der Waals surface area (Å²) in [5.74, 6) is 0. The number of nitrogens with one attached hydrogen (secondary N) is 1. The van der Waals surface area contributed by atoms with Crippen molar-refractivity contribution in [3.8, 4) is 5.69 Å². The normalized spacial score (nSPS) is 11.0. The Morgan fingerprint density at radius 2 is 2.17 bits per heavy atom. The Morgan fingerprint density at radius 3 is 2.94 bits per heavy atom. The maximum atomic E-state index is 5.93. The van der Waals surface area contributed by atoms with Crippen LogP contribution < -0.4 is 0 Å². The highest BCUT2D eigenvalue weighted by atomic mass is 35.5. The molecule has 0 aliphatic carbocycles. The average Bonchev–Trinajstić information content (AvgIpc) is 2.64. The molecule has 2 heterocycles. The molecule has 3 rings (SSSR count). The number of nitrogens with zero attached hydrogens (tertiary/aromatic N) is 2. The van der Waals surface area contributed by atoms with Crippen molar-refractivity contribution >= 4 is 35.0 Å². The highest BCUT2D eigenvalue weighted by Gasteiger charge is 2.08. The van der Waals surface area contributed by atoms with Crippen molar-refractivity contribution in [3.05, 3.63) is 51.9 Å². The fourth-order valence-corrected chi connectivity index (χ4v) is 2.44. The van der Waals surface area contributed by atoms with E-state index >= 15 is 0 Å². The summed E-state index contributed by atoms with van der Waals surface area (Å²) in [5, 5.41) is 0.593. The zero-order valence-electron chi connectivity index (χ0n) is 9.64. The second-order valence-corrected chi connectivity index (χ2v) is 4.95. The van der Waals surface area contributed by atoms with Gasteiger partial charge in [0, 0.05) is 6.20 Å². The lowest BCUT2D eigenvalue weighted by Crippen LogP contribution is -1.95. The van der Waals surface area contributed by atoms with Crippen molar-refractivity contribution in [1.82, 2.24) is 14.5 Å². The Hall–Kier alpha value is -1.65. The fraction of sp³-hybridized carbons (Fsp3) is 0.0769. The molecule has 90 valence electrons. The first-order valence-corrected chi connectivity index (χ1v) is 6.27. The lowest BCUT2D eigenvalue weighted by Gasteiger charge is -2.04. The van der Waals surface area contributed by atoms with E-state index < -0.39 is 0 Å². The van der Waals surface area contributed by atoms with Crippen LogP contribution in [0.1, 0.15) is 5.56 Å². The van der Waals surface area contributed by atoms with Gasteiger partial charge in [-0.15, -0.1) is 0 Å². The molecular formula is C13H10ClN3S. The van der Waals surface area contributed by atoms with Gasteiger partial charge in [0.1, 0.15) is 0 Å². The number of aromatic nitrogens is 3. The predicted molar refractivity (Wildman–Crippen MR) is 76.0 cm³/mol. The molecule has 1 aromatic carbocycles. The van der Waals surface area contributed by atoms with E-state index in [-0.39, 0.29) is 0 Å². The summed E-state index contributed by atoms with van der Waals surface area (Å²) in [4.78, 5) is 7.46. The van der Waals surface area contributed by atoms with Gasteiger partial charge in [-0.3, -0.25) is 4.57 Å². The van der Waals surface area contributed by atoms with E-state index in [0.717, 1.165) is 16.9 Å². The minimum absolute atomic E-state index is 0.593. The first kappa shape index (κ1) is 11.4. The molecule has 0 unspecified atom stereocenters. The van der Waals surface area contributed by atoms with Crippen LogP contribution in [0.3, 0.4) is 0 Å². The molecule has 0 bridgehead atoms. The molecule has 18 heavy (non-hydrogen) atoms. The number of aryl methyl sites for hydroxylation is 1. The molecule has 5 heteroatoms. The van der Waals surface area contributed by atoms with E-state index in [1.165, 1.54) is 5.56 Å². The van der Waals surface area contributed by atoms with Gasteiger partial charge < -0.3 is 4.98 Å². The summed E-state index contributed by atoms with van der Waals surface area (Å²) in [6, 6.07) is 9.95. The summed E-state index contributed by atoms with van der Waals surface area (Å²) >= 11 is 11.3. The second-order valence-electron chi connectivity index (χ2n) is 4.13. The molecule has 0 amide bonds. The number of halogens is 1. The number of hydrogen-bond donors (Lipinski definition) is 1. The molecular weight excluding hydrogens is 266 g/mol. The number of aromatic amines is 1. The number of fused-ring (bicyclic) bond motifs is 1.